The molecule has 0 bridgehead atoms. The van der Waals surface area contributed by atoms with Crippen molar-refractivity contribution in [2.24, 2.45) is 5.41 Å². The summed E-state index contributed by atoms with van der Waals surface area (Å²) in [5.41, 5.74) is 4.40. The highest BCUT2D eigenvalue weighted by Gasteiger charge is 2.42. The molecular weight excluding hydrogens is 414 g/mol. The third-order valence-electron chi connectivity index (χ3n) is 6.69. The van der Waals surface area contributed by atoms with Gasteiger partial charge in [-0.05, 0) is 54.5 Å². The number of nitrogens with one attached hydrogen (secondary N) is 2. The average Bonchev–Trinajstić information content (AvgIpc) is 3.59. The van der Waals surface area contributed by atoms with Crippen LogP contribution >= 0.6 is 0 Å². The second-order valence-electron chi connectivity index (χ2n) is 10.1. The van der Waals surface area contributed by atoms with Crippen LogP contribution in [0.1, 0.15) is 51.1 Å². The summed E-state index contributed by atoms with van der Waals surface area (Å²) in [7, 11) is 1.64. The first-order chi connectivity index (χ1) is 15.8. The number of para-hydroxylation sites is 2. The number of ketones is 1. The van der Waals surface area contributed by atoms with Crippen molar-refractivity contribution in [3.63, 3.8) is 0 Å². The topological polar surface area (TPSA) is 70.7 Å². The molecule has 6 nitrogen and oxygen atoms in total. The van der Waals surface area contributed by atoms with Crippen molar-refractivity contribution in [3.05, 3.63) is 65.4 Å². The molecule has 0 saturated heterocycles. The number of carbonyl (C=O) groups is 2. The molecule has 0 radical (unpaired) electrons. The standard InChI is InChI=1S/C27H31N3O3/c1-27(2)14-21-25(23(31)15-27)26(17-8-12-19(33-3)13-9-17)30(16-24(32)28-18-10-11-18)22-7-5-4-6-20(22)29-21/h4-9,12-13,18,26,29H,10-11,14-16H2,1-3H3,(H,28,32). The van der Waals surface area contributed by atoms with Crippen molar-refractivity contribution in [2.75, 3.05) is 23.9 Å². The Morgan fingerprint density at radius 2 is 1.85 bits per heavy atom. The van der Waals surface area contributed by atoms with Gasteiger partial charge in [0.2, 0.25) is 5.91 Å². The SMILES string of the molecule is COc1ccc(C2C3=C(CC(C)(C)CC3=O)Nc3ccccc3N2CC(=O)NC2CC2)cc1. The molecule has 33 heavy (non-hydrogen) atoms. The number of Topliss-reactive ketones (excluding diaryl/α,β-unsaturated/α-hetero) is 1. The molecule has 3 aliphatic rings. The molecule has 1 heterocycles. The summed E-state index contributed by atoms with van der Waals surface area (Å²) in [5.74, 6) is 0.877. The maximum absolute atomic E-state index is 13.6. The Labute approximate surface area is 195 Å². The summed E-state index contributed by atoms with van der Waals surface area (Å²) in [5, 5.41) is 6.70. The Kier molecular flexibility index (Phi) is 5.39. The van der Waals surface area contributed by atoms with E-state index in [-0.39, 0.29) is 35.7 Å². The number of carbonyl (C=O) groups excluding carboxylic acids is 2. The van der Waals surface area contributed by atoms with Crippen molar-refractivity contribution in [3.8, 4) is 5.75 Å². The van der Waals surface area contributed by atoms with E-state index in [1.165, 1.54) is 0 Å². The monoisotopic (exact) mass is 445 g/mol. The van der Waals surface area contributed by atoms with Crippen LogP contribution in [0, 0.1) is 5.41 Å². The number of methoxy groups -OCH3 is 1. The normalized spacial score (nSPS) is 21.5. The number of fused-ring (bicyclic) bond motifs is 1. The molecule has 2 aliphatic carbocycles. The zero-order valence-electron chi connectivity index (χ0n) is 19.5. The Bertz CT molecular complexity index is 1120. The molecule has 2 aromatic carbocycles. The number of rotatable bonds is 5. The van der Waals surface area contributed by atoms with Gasteiger partial charge in [0.25, 0.3) is 0 Å². The lowest BCUT2D eigenvalue weighted by Gasteiger charge is -2.38. The third-order valence-corrected chi connectivity index (χ3v) is 6.69. The Hall–Kier alpha value is -3.28. The maximum atomic E-state index is 13.6. The van der Waals surface area contributed by atoms with Crippen molar-refractivity contribution in [2.45, 2.75) is 51.6 Å². The van der Waals surface area contributed by atoms with Crippen molar-refractivity contribution in [1.82, 2.24) is 5.32 Å². The van der Waals surface area contributed by atoms with E-state index in [1.807, 2.05) is 48.5 Å². The van der Waals surface area contributed by atoms with E-state index in [0.29, 0.717) is 6.42 Å². The molecule has 1 amide bonds. The highest BCUT2D eigenvalue weighted by atomic mass is 16.5. The first kappa shape index (κ1) is 21.6. The van der Waals surface area contributed by atoms with Gasteiger partial charge >= 0.3 is 0 Å². The number of benzene rings is 2. The minimum atomic E-state index is -0.365. The first-order valence-corrected chi connectivity index (χ1v) is 11.7. The second-order valence-corrected chi connectivity index (χ2v) is 10.1. The summed E-state index contributed by atoms with van der Waals surface area (Å²) in [4.78, 5) is 28.7. The number of allylic oxidation sites excluding steroid dienone is 1. The minimum absolute atomic E-state index is 0.0153. The molecule has 1 saturated carbocycles. The van der Waals surface area contributed by atoms with Gasteiger partial charge in [0.1, 0.15) is 5.75 Å². The molecule has 2 aromatic rings. The first-order valence-electron chi connectivity index (χ1n) is 11.7. The number of anilines is 2. The van der Waals surface area contributed by atoms with Crippen LogP contribution in [0.3, 0.4) is 0 Å². The van der Waals surface area contributed by atoms with Crippen LogP contribution in [0.25, 0.3) is 0 Å². The highest BCUT2D eigenvalue weighted by molar-refractivity contribution is 6.01. The molecule has 1 atom stereocenters. The van der Waals surface area contributed by atoms with E-state index in [0.717, 1.165) is 53.2 Å². The molecule has 1 fully saturated rings. The number of hydrogen-bond donors (Lipinski definition) is 2. The highest BCUT2D eigenvalue weighted by Crippen LogP contribution is 2.48. The summed E-state index contributed by atoms with van der Waals surface area (Å²) in [6, 6.07) is 15.8. The van der Waals surface area contributed by atoms with Gasteiger partial charge in [0.15, 0.2) is 5.78 Å². The molecule has 1 unspecified atom stereocenters. The van der Waals surface area contributed by atoms with Gasteiger partial charge in [-0.3, -0.25) is 9.59 Å². The fourth-order valence-corrected chi connectivity index (χ4v) is 5.02. The fraction of sp³-hybridized carbons (Fsp3) is 0.407. The van der Waals surface area contributed by atoms with E-state index in [9.17, 15) is 9.59 Å². The average molecular weight is 446 g/mol. The Morgan fingerprint density at radius 3 is 2.55 bits per heavy atom. The van der Waals surface area contributed by atoms with Crippen LogP contribution in [0.2, 0.25) is 0 Å². The van der Waals surface area contributed by atoms with E-state index >= 15 is 0 Å². The maximum Gasteiger partial charge on any atom is 0.239 e. The zero-order valence-corrected chi connectivity index (χ0v) is 19.5. The minimum Gasteiger partial charge on any atom is -0.497 e. The van der Waals surface area contributed by atoms with E-state index in [4.69, 9.17) is 4.74 Å². The molecule has 1 aliphatic heterocycles. The lowest BCUT2D eigenvalue weighted by Crippen LogP contribution is -2.42. The Morgan fingerprint density at radius 1 is 1.12 bits per heavy atom. The van der Waals surface area contributed by atoms with Gasteiger partial charge in [0, 0.05) is 23.7 Å². The van der Waals surface area contributed by atoms with Gasteiger partial charge in [-0.1, -0.05) is 38.1 Å². The summed E-state index contributed by atoms with van der Waals surface area (Å²) in [6.45, 7) is 4.45. The lowest BCUT2D eigenvalue weighted by atomic mass is 9.73. The summed E-state index contributed by atoms with van der Waals surface area (Å²) >= 11 is 0. The summed E-state index contributed by atoms with van der Waals surface area (Å²) < 4.78 is 5.37. The molecular formula is C27H31N3O3. The molecule has 5 rings (SSSR count). The van der Waals surface area contributed by atoms with Crippen LogP contribution in [-0.2, 0) is 9.59 Å². The van der Waals surface area contributed by atoms with E-state index < -0.39 is 0 Å². The van der Waals surface area contributed by atoms with Crippen molar-refractivity contribution >= 4 is 23.1 Å². The Balaban J connectivity index is 1.66. The van der Waals surface area contributed by atoms with E-state index in [2.05, 4.69) is 29.4 Å². The van der Waals surface area contributed by atoms with Crippen LogP contribution in [0.5, 0.6) is 5.75 Å². The predicted octanol–water partition coefficient (Wildman–Crippen LogP) is 4.59. The van der Waals surface area contributed by atoms with Crippen LogP contribution in [0.15, 0.2) is 59.8 Å². The van der Waals surface area contributed by atoms with E-state index in [1.54, 1.807) is 7.11 Å². The van der Waals surface area contributed by atoms with Gasteiger partial charge < -0.3 is 20.3 Å². The molecule has 0 spiro atoms. The summed E-state index contributed by atoms with van der Waals surface area (Å²) in [6.07, 6.45) is 3.33. The molecule has 2 N–H and O–H groups in total. The predicted molar refractivity (Wildman–Crippen MR) is 129 cm³/mol. The van der Waals surface area contributed by atoms with Gasteiger partial charge in [-0.25, -0.2) is 0 Å². The molecule has 6 heteroatoms. The largest absolute Gasteiger partial charge is 0.497 e. The smallest absolute Gasteiger partial charge is 0.239 e. The second kappa shape index (κ2) is 8.25. The van der Waals surface area contributed by atoms with Crippen molar-refractivity contribution < 1.29 is 14.3 Å². The third kappa shape index (κ3) is 4.34. The lowest BCUT2D eigenvalue weighted by molar-refractivity contribution is -0.120. The van der Waals surface area contributed by atoms with Crippen LogP contribution < -0.4 is 20.3 Å². The van der Waals surface area contributed by atoms with Gasteiger partial charge in [-0.2, -0.15) is 0 Å². The van der Waals surface area contributed by atoms with Crippen LogP contribution in [0.4, 0.5) is 11.4 Å². The zero-order chi connectivity index (χ0) is 23.2. The van der Waals surface area contributed by atoms with Crippen molar-refractivity contribution in [1.29, 1.82) is 0 Å². The number of nitrogens with zero attached hydrogens (tertiary/aromatic N) is 1. The molecule has 0 aromatic heterocycles. The number of hydrogen-bond acceptors (Lipinski definition) is 5. The number of ether oxygens (including phenoxy) is 1. The van der Waals surface area contributed by atoms with Gasteiger partial charge in [0.05, 0.1) is 31.1 Å². The quantitative estimate of drug-likeness (QED) is 0.704. The van der Waals surface area contributed by atoms with Crippen LogP contribution in [-0.4, -0.2) is 31.4 Å². The molecule has 172 valence electrons. The van der Waals surface area contributed by atoms with Gasteiger partial charge in [-0.15, -0.1) is 0 Å². The number of amides is 1. The fourth-order valence-electron chi connectivity index (χ4n) is 5.02.